The van der Waals surface area contributed by atoms with Crippen LogP contribution < -0.4 is 5.32 Å². The normalized spacial score (nSPS) is 23.0. The fraction of sp³-hybridized carbons (Fsp3) is 0.667. The van der Waals surface area contributed by atoms with Crippen LogP contribution in [0.25, 0.3) is 0 Å². The zero-order valence-electron chi connectivity index (χ0n) is 13.0. The molecule has 2 saturated heterocycles. The van der Waals surface area contributed by atoms with Gasteiger partial charge in [0.15, 0.2) is 0 Å². The smallest absolute Gasteiger partial charge is 0.262 e. The first kappa shape index (κ1) is 16.9. The molecule has 6 nitrogen and oxygen atoms in total. The Hall–Kier alpha value is -0.960. The average molecular weight is 358 g/mol. The van der Waals surface area contributed by atoms with E-state index in [1.165, 1.54) is 21.7 Å². The molecule has 128 valence electrons. The maximum atomic E-state index is 12.8. The third kappa shape index (κ3) is 3.76. The van der Waals surface area contributed by atoms with E-state index in [4.69, 9.17) is 4.74 Å². The van der Waals surface area contributed by atoms with Gasteiger partial charge in [-0.25, -0.2) is 8.42 Å². The van der Waals surface area contributed by atoms with E-state index in [0.29, 0.717) is 19.6 Å². The number of sulfonamides is 1. The summed E-state index contributed by atoms with van der Waals surface area (Å²) in [5.41, 5.74) is 0. The van der Waals surface area contributed by atoms with Crippen molar-refractivity contribution in [3.05, 3.63) is 16.3 Å². The van der Waals surface area contributed by atoms with Gasteiger partial charge in [0.05, 0.1) is 6.10 Å². The molecule has 1 atom stereocenters. The van der Waals surface area contributed by atoms with Gasteiger partial charge in [0.2, 0.25) is 10.0 Å². The van der Waals surface area contributed by atoms with Crippen molar-refractivity contribution < 1.29 is 17.9 Å². The van der Waals surface area contributed by atoms with Crippen LogP contribution in [0.15, 0.2) is 16.3 Å². The lowest BCUT2D eigenvalue weighted by molar-refractivity contribution is 0.0858. The highest BCUT2D eigenvalue weighted by Crippen LogP contribution is 2.27. The van der Waals surface area contributed by atoms with Crippen LogP contribution in [-0.4, -0.2) is 51.0 Å². The molecule has 2 fully saturated rings. The van der Waals surface area contributed by atoms with E-state index in [2.05, 4.69) is 5.32 Å². The van der Waals surface area contributed by atoms with Crippen LogP contribution in [0, 0.1) is 0 Å². The average Bonchev–Trinajstić information content (AvgIpc) is 3.25. The number of ether oxygens (including phenoxy) is 1. The van der Waals surface area contributed by atoms with Crippen LogP contribution in [0.1, 0.15) is 41.8 Å². The molecular weight excluding hydrogens is 336 g/mol. The summed E-state index contributed by atoms with van der Waals surface area (Å²) in [6.07, 6.45) is 4.80. The van der Waals surface area contributed by atoms with E-state index < -0.39 is 10.0 Å². The molecule has 0 radical (unpaired) electrons. The van der Waals surface area contributed by atoms with Gasteiger partial charge in [-0.2, -0.15) is 4.31 Å². The maximum absolute atomic E-state index is 12.8. The number of rotatable bonds is 5. The Morgan fingerprint density at radius 2 is 2.09 bits per heavy atom. The molecular formula is C15H22N2O4S2. The Labute approximate surface area is 140 Å². The predicted octanol–water partition coefficient (Wildman–Crippen LogP) is 1.83. The summed E-state index contributed by atoms with van der Waals surface area (Å²) < 4.78 is 32.5. The van der Waals surface area contributed by atoms with E-state index in [1.54, 1.807) is 5.38 Å². The van der Waals surface area contributed by atoms with Crippen LogP contribution in [0.2, 0.25) is 0 Å². The minimum atomic E-state index is -3.58. The van der Waals surface area contributed by atoms with Crippen molar-refractivity contribution in [2.24, 2.45) is 0 Å². The fourth-order valence-corrected chi connectivity index (χ4v) is 5.84. The molecule has 2 aliphatic rings. The van der Waals surface area contributed by atoms with Crippen LogP contribution in [0.5, 0.6) is 0 Å². The Morgan fingerprint density at radius 3 is 2.78 bits per heavy atom. The van der Waals surface area contributed by atoms with E-state index >= 15 is 0 Å². The summed E-state index contributed by atoms with van der Waals surface area (Å²) in [4.78, 5) is 12.8. The van der Waals surface area contributed by atoms with Crippen molar-refractivity contribution >= 4 is 27.3 Å². The molecule has 1 aromatic heterocycles. The highest BCUT2D eigenvalue weighted by molar-refractivity contribution is 7.89. The predicted molar refractivity (Wildman–Crippen MR) is 88.2 cm³/mol. The monoisotopic (exact) mass is 358 g/mol. The van der Waals surface area contributed by atoms with Crippen molar-refractivity contribution in [1.29, 1.82) is 0 Å². The number of thiophene rings is 1. The SMILES string of the molecule is O=C(NC[C@H]1CCCO1)c1sccc1S(=O)(=O)N1CCCCC1. The third-order valence-corrected chi connectivity index (χ3v) is 7.27. The van der Waals surface area contributed by atoms with Crippen LogP contribution in [0.4, 0.5) is 0 Å². The molecule has 2 aliphatic heterocycles. The molecule has 3 heterocycles. The van der Waals surface area contributed by atoms with Gasteiger partial charge in [-0.05, 0) is 37.1 Å². The number of carbonyl (C=O) groups is 1. The molecule has 0 spiro atoms. The van der Waals surface area contributed by atoms with Crippen molar-refractivity contribution in [2.45, 2.75) is 43.1 Å². The van der Waals surface area contributed by atoms with Crippen molar-refractivity contribution in [3.63, 3.8) is 0 Å². The lowest BCUT2D eigenvalue weighted by Gasteiger charge is -2.25. The minimum Gasteiger partial charge on any atom is -0.376 e. The molecule has 0 aliphatic carbocycles. The summed E-state index contributed by atoms with van der Waals surface area (Å²) in [7, 11) is -3.58. The number of amides is 1. The number of nitrogens with one attached hydrogen (secondary N) is 1. The molecule has 0 aromatic carbocycles. The molecule has 0 bridgehead atoms. The zero-order valence-corrected chi connectivity index (χ0v) is 14.6. The number of piperidine rings is 1. The van der Waals surface area contributed by atoms with Gasteiger partial charge in [0.25, 0.3) is 5.91 Å². The van der Waals surface area contributed by atoms with Crippen LogP contribution in [0.3, 0.4) is 0 Å². The summed E-state index contributed by atoms with van der Waals surface area (Å²) >= 11 is 1.17. The van der Waals surface area contributed by atoms with Crippen molar-refractivity contribution in [1.82, 2.24) is 9.62 Å². The van der Waals surface area contributed by atoms with Crippen molar-refractivity contribution in [2.75, 3.05) is 26.2 Å². The van der Waals surface area contributed by atoms with Crippen molar-refractivity contribution in [3.8, 4) is 0 Å². The summed E-state index contributed by atoms with van der Waals surface area (Å²) in [5.74, 6) is -0.328. The molecule has 1 aromatic rings. The standard InChI is InChI=1S/C15H22N2O4S2/c18-15(16-11-12-5-4-9-21-12)14-13(6-10-22-14)23(19,20)17-7-2-1-3-8-17/h6,10,12H,1-5,7-9,11H2,(H,16,18)/t12-/m1/s1. The second-order valence-electron chi connectivity index (χ2n) is 5.92. The fourth-order valence-electron chi connectivity index (χ4n) is 3.00. The van der Waals surface area contributed by atoms with Gasteiger partial charge < -0.3 is 10.1 Å². The van der Waals surface area contributed by atoms with E-state index in [1.807, 2.05) is 0 Å². The minimum absolute atomic E-state index is 0.0427. The van der Waals surface area contributed by atoms with Gasteiger partial charge in [0.1, 0.15) is 9.77 Å². The second-order valence-corrected chi connectivity index (χ2v) is 8.75. The van der Waals surface area contributed by atoms with Gasteiger partial charge in [-0.15, -0.1) is 11.3 Å². The van der Waals surface area contributed by atoms with E-state index in [9.17, 15) is 13.2 Å². The van der Waals surface area contributed by atoms with E-state index in [-0.39, 0.29) is 21.8 Å². The summed E-state index contributed by atoms with van der Waals surface area (Å²) in [6, 6.07) is 1.54. The second kappa shape index (κ2) is 7.29. The largest absolute Gasteiger partial charge is 0.376 e. The highest BCUT2D eigenvalue weighted by atomic mass is 32.2. The van der Waals surface area contributed by atoms with Gasteiger partial charge in [-0.3, -0.25) is 4.79 Å². The number of carbonyl (C=O) groups excluding carboxylic acids is 1. The number of nitrogens with zero attached hydrogens (tertiary/aromatic N) is 1. The van der Waals surface area contributed by atoms with Crippen LogP contribution in [-0.2, 0) is 14.8 Å². The third-order valence-electron chi connectivity index (χ3n) is 4.28. The summed E-state index contributed by atoms with van der Waals surface area (Å²) in [5, 5.41) is 4.47. The first-order valence-corrected chi connectivity index (χ1v) is 10.4. The zero-order chi connectivity index (χ0) is 16.3. The summed E-state index contributed by atoms with van der Waals surface area (Å²) in [6.45, 7) is 2.23. The molecule has 1 amide bonds. The molecule has 0 unspecified atom stereocenters. The Bertz CT molecular complexity index is 644. The maximum Gasteiger partial charge on any atom is 0.262 e. The Morgan fingerprint density at radius 1 is 1.30 bits per heavy atom. The number of hydrogen-bond acceptors (Lipinski definition) is 5. The van der Waals surface area contributed by atoms with Crippen LogP contribution >= 0.6 is 11.3 Å². The lowest BCUT2D eigenvalue weighted by Crippen LogP contribution is -2.37. The first-order chi connectivity index (χ1) is 11.1. The topological polar surface area (TPSA) is 75.7 Å². The van der Waals surface area contributed by atoms with Gasteiger partial charge >= 0.3 is 0 Å². The quantitative estimate of drug-likeness (QED) is 0.871. The lowest BCUT2D eigenvalue weighted by atomic mass is 10.2. The molecule has 3 rings (SSSR count). The highest BCUT2D eigenvalue weighted by Gasteiger charge is 2.31. The van der Waals surface area contributed by atoms with E-state index in [0.717, 1.165) is 38.7 Å². The Kier molecular flexibility index (Phi) is 5.35. The van der Waals surface area contributed by atoms with Gasteiger partial charge in [-0.1, -0.05) is 6.42 Å². The Balaban J connectivity index is 1.71. The molecule has 8 heteroatoms. The molecule has 1 N–H and O–H groups in total. The molecule has 23 heavy (non-hydrogen) atoms. The van der Waals surface area contributed by atoms with Gasteiger partial charge in [0, 0.05) is 26.2 Å². The first-order valence-electron chi connectivity index (χ1n) is 8.06. The number of hydrogen-bond donors (Lipinski definition) is 1. The molecule has 0 saturated carbocycles.